The zero-order chi connectivity index (χ0) is 17.6. The number of nitrogens with zero attached hydrogens (tertiary/aromatic N) is 1. The minimum Gasteiger partial charge on any atom is -0.481 e. The molecule has 1 aliphatic heterocycles. The number of para-hydroxylation sites is 1. The fourth-order valence-electron chi connectivity index (χ4n) is 2.85. The molecule has 5 nitrogen and oxygen atoms in total. The van der Waals surface area contributed by atoms with Gasteiger partial charge in [0.2, 0.25) is 5.91 Å². The van der Waals surface area contributed by atoms with Crippen LogP contribution in [0, 0.1) is 0 Å². The molecule has 0 saturated carbocycles. The molecule has 1 heterocycles. The van der Waals surface area contributed by atoms with Crippen molar-refractivity contribution < 1.29 is 14.3 Å². The molecule has 2 aromatic rings. The fraction of sp³-hybridized carbons (Fsp3) is 0.300. The summed E-state index contributed by atoms with van der Waals surface area (Å²) in [7, 11) is 0. The Bertz CT molecular complexity index is 728. The maximum Gasteiger partial charge on any atom is 0.265 e. The van der Waals surface area contributed by atoms with Gasteiger partial charge >= 0.3 is 0 Å². The summed E-state index contributed by atoms with van der Waals surface area (Å²) in [5, 5.41) is 2.87. The second-order valence-electron chi connectivity index (χ2n) is 6.01. The summed E-state index contributed by atoms with van der Waals surface area (Å²) in [4.78, 5) is 26.0. The topological polar surface area (TPSA) is 58.6 Å². The highest BCUT2D eigenvalue weighted by atomic mass is 16.5. The average molecular weight is 338 g/mol. The third kappa shape index (κ3) is 4.18. The number of amides is 2. The van der Waals surface area contributed by atoms with Crippen molar-refractivity contribution in [1.29, 1.82) is 0 Å². The molecule has 0 bridgehead atoms. The fourth-order valence-corrected chi connectivity index (χ4v) is 2.85. The highest BCUT2D eigenvalue weighted by Gasteiger charge is 2.22. The van der Waals surface area contributed by atoms with Gasteiger partial charge in [0, 0.05) is 24.3 Å². The van der Waals surface area contributed by atoms with E-state index in [0.29, 0.717) is 24.3 Å². The van der Waals surface area contributed by atoms with E-state index in [1.54, 1.807) is 4.90 Å². The summed E-state index contributed by atoms with van der Waals surface area (Å²) < 4.78 is 5.75. The van der Waals surface area contributed by atoms with Crippen molar-refractivity contribution in [2.24, 2.45) is 0 Å². The highest BCUT2D eigenvalue weighted by Crippen LogP contribution is 2.23. The second-order valence-corrected chi connectivity index (χ2v) is 6.01. The van der Waals surface area contributed by atoms with Gasteiger partial charge in [0.1, 0.15) is 5.75 Å². The Hall–Kier alpha value is -2.82. The van der Waals surface area contributed by atoms with E-state index in [2.05, 4.69) is 5.32 Å². The van der Waals surface area contributed by atoms with Gasteiger partial charge in [-0.15, -0.1) is 0 Å². The molecule has 1 aliphatic rings. The van der Waals surface area contributed by atoms with Crippen molar-refractivity contribution in [3.05, 3.63) is 54.6 Å². The van der Waals surface area contributed by atoms with Crippen molar-refractivity contribution in [2.45, 2.75) is 32.3 Å². The lowest BCUT2D eigenvalue weighted by molar-refractivity contribution is -0.122. The van der Waals surface area contributed by atoms with Crippen molar-refractivity contribution in [2.75, 3.05) is 16.8 Å². The molecular weight excluding hydrogens is 316 g/mol. The number of carbonyl (C=O) groups is 2. The highest BCUT2D eigenvalue weighted by molar-refractivity contribution is 5.97. The molecule has 5 heteroatoms. The smallest absolute Gasteiger partial charge is 0.265 e. The van der Waals surface area contributed by atoms with Crippen molar-refractivity contribution in [3.8, 4) is 5.75 Å². The molecule has 0 aliphatic carbocycles. The van der Waals surface area contributed by atoms with Gasteiger partial charge in [0.25, 0.3) is 5.91 Å². The van der Waals surface area contributed by atoms with Crippen LogP contribution in [0.1, 0.15) is 26.2 Å². The predicted octanol–water partition coefficient (Wildman–Crippen LogP) is 3.61. The van der Waals surface area contributed by atoms with Gasteiger partial charge in [-0.1, -0.05) is 25.1 Å². The minimum atomic E-state index is -0.553. The van der Waals surface area contributed by atoms with Crippen molar-refractivity contribution in [3.63, 3.8) is 0 Å². The number of benzene rings is 2. The number of rotatable bonds is 6. The Morgan fingerprint density at radius 2 is 1.88 bits per heavy atom. The van der Waals surface area contributed by atoms with Crippen LogP contribution in [-0.4, -0.2) is 24.5 Å². The first kappa shape index (κ1) is 17.0. The third-order valence-electron chi connectivity index (χ3n) is 4.20. The second kappa shape index (κ2) is 7.83. The molecule has 0 unspecified atom stereocenters. The summed E-state index contributed by atoms with van der Waals surface area (Å²) in [6.07, 6.45) is 1.52. The lowest BCUT2D eigenvalue weighted by Gasteiger charge is -2.18. The molecule has 1 atom stereocenters. The lowest BCUT2D eigenvalue weighted by atomic mass is 10.2. The Labute approximate surface area is 147 Å². The molecule has 3 rings (SSSR count). The first-order chi connectivity index (χ1) is 12.2. The normalized spacial score (nSPS) is 15.1. The van der Waals surface area contributed by atoms with Crippen LogP contribution in [0.15, 0.2) is 54.6 Å². The quantitative estimate of drug-likeness (QED) is 0.875. The van der Waals surface area contributed by atoms with E-state index in [0.717, 1.165) is 18.7 Å². The van der Waals surface area contributed by atoms with Gasteiger partial charge in [-0.3, -0.25) is 9.59 Å². The number of hydrogen-bond acceptors (Lipinski definition) is 3. The van der Waals surface area contributed by atoms with E-state index in [4.69, 9.17) is 4.74 Å². The molecule has 2 aromatic carbocycles. The molecule has 1 N–H and O–H groups in total. The van der Waals surface area contributed by atoms with Gasteiger partial charge in [-0.25, -0.2) is 0 Å². The summed E-state index contributed by atoms with van der Waals surface area (Å²) in [6.45, 7) is 2.67. The summed E-state index contributed by atoms with van der Waals surface area (Å²) in [6, 6.07) is 16.7. The van der Waals surface area contributed by atoms with Crippen molar-refractivity contribution in [1.82, 2.24) is 0 Å². The molecule has 0 aromatic heterocycles. The standard InChI is InChI=1S/C20H22N2O3/c1-2-18(25-17-7-4-3-5-8-17)20(24)21-15-10-12-16(13-11-15)22-14-6-9-19(22)23/h3-5,7-8,10-13,18H,2,6,9,14H2,1H3,(H,21,24)/t18-/m0/s1. The maximum absolute atomic E-state index is 12.4. The number of nitrogens with one attached hydrogen (secondary N) is 1. The number of ether oxygens (including phenoxy) is 1. The van der Waals surface area contributed by atoms with Crippen LogP contribution in [0.2, 0.25) is 0 Å². The van der Waals surface area contributed by atoms with Crippen molar-refractivity contribution >= 4 is 23.2 Å². The van der Waals surface area contributed by atoms with Gasteiger partial charge in [0.15, 0.2) is 6.10 Å². The third-order valence-corrected chi connectivity index (χ3v) is 4.20. The largest absolute Gasteiger partial charge is 0.481 e. The summed E-state index contributed by atoms with van der Waals surface area (Å²) in [5.41, 5.74) is 1.56. The monoisotopic (exact) mass is 338 g/mol. The Kier molecular flexibility index (Phi) is 5.33. The molecule has 0 radical (unpaired) electrons. The molecule has 1 saturated heterocycles. The SMILES string of the molecule is CC[C@H](Oc1ccccc1)C(=O)Nc1ccc(N2CCCC2=O)cc1. The minimum absolute atomic E-state index is 0.152. The van der Waals surface area contributed by atoms with Crippen LogP contribution in [0.25, 0.3) is 0 Å². The van der Waals surface area contributed by atoms with E-state index in [1.165, 1.54) is 0 Å². The molecular formula is C20H22N2O3. The molecule has 130 valence electrons. The lowest BCUT2D eigenvalue weighted by Crippen LogP contribution is -2.32. The van der Waals surface area contributed by atoms with Gasteiger partial charge in [-0.2, -0.15) is 0 Å². The van der Waals surface area contributed by atoms with Gasteiger partial charge in [-0.05, 0) is 49.2 Å². The van der Waals surface area contributed by atoms with E-state index >= 15 is 0 Å². The van der Waals surface area contributed by atoms with Gasteiger partial charge in [0.05, 0.1) is 0 Å². The van der Waals surface area contributed by atoms with Crippen LogP contribution < -0.4 is 15.0 Å². The Morgan fingerprint density at radius 3 is 2.48 bits per heavy atom. The average Bonchev–Trinajstić information content (AvgIpc) is 3.07. The van der Waals surface area contributed by atoms with Crippen LogP contribution in [-0.2, 0) is 9.59 Å². The summed E-state index contributed by atoms with van der Waals surface area (Å²) in [5.74, 6) is 0.642. The first-order valence-electron chi connectivity index (χ1n) is 8.60. The maximum atomic E-state index is 12.4. The molecule has 0 spiro atoms. The zero-order valence-corrected chi connectivity index (χ0v) is 14.3. The Morgan fingerprint density at radius 1 is 1.16 bits per heavy atom. The molecule has 1 fully saturated rings. The number of anilines is 2. The van der Waals surface area contributed by atoms with E-state index in [-0.39, 0.29) is 11.8 Å². The predicted molar refractivity (Wildman–Crippen MR) is 97.8 cm³/mol. The van der Waals surface area contributed by atoms with Crippen LogP contribution in [0.3, 0.4) is 0 Å². The van der Waals surface area contributed by atoms with Crippen LogP contribution >= 0.6 is 0 Å². The zero-order valence-electron chi connectivity index (χ0n) is 14.3. The van der Waals surface area contributed by atoms with E-state index < -0.39 is 6.10 Å². The van der Waals surface area contributed by atoms with E-state index in [9.17, 15) is 9.59 Å². The number of carbonyl (C=O) groups excluding carboxylic acids is 2. The van der Waals surface area contributed by atoms with E-state index in [1.807, 2.05) is 61.5 Å². The summed E-state index contributed by atoms with van der Waals surface area (Å²) >= 11 is 0. The molecule has 2 amide bonds. The first-order valence-corrected chi connectivity index (χ1v) is 8.60. The number of hydrogen-bond donors (Lipinski definition) is 1. The van der Waals surface area contributed by atoms with Gasteiger partial charge < -0.3 is 15.0 Å². The molecule has 25 heavy (non-hydrogen) atoms. The van der Waals surface area contributed by atoms with Crippen LogP contribution in [0.5, 0.6) is 5.75 Å². The van der Waals surface area contributed by atoms with Crippen LogP contribution in [0.4, 0.5) is 11.4 Å². The Balaban J connectivity index is 1.62.